The fourth-order valence-corrected chi connectivity index (χ4v) is 2.43. The van der Waals surface area contributed by atoms with Gasteiger partial charge in [-0.15, -0.1) is 0 Å². The van der Waals surface area contributed by atoms with E-state index in [4.69, 9.17) is 13.9 Å². The third-order valence-electron chi connectivity index (χ3n) is 3.86. The molecule has 3 rings (SSSR count). The molecule has 2 aromatic carbocycles. The molecule has 0 amide bonds. The SMILES string of the molecule is CC[C@H](C)OC(=O)COc1ccc2c(c1)oc(=O)c1ccccc12. The highest BCUT2D eigenvalue weighted by Gasteiger charge is 2.11. The molecule has 0 radical (unpaired) electrons. The van der Waals surface area contributed by atoms with Crippen molar-refractivity contribution in [1.82, 2.24) is 0 Å². The van der Waals surface area contributed by atoms with Crippen molar-refractivity contribution in [2.45, 2.75) is 26.4 Å². The van der Waals surface area contributed by atoms with Crippen LogP contribution in [0.2, 0.25) is 0 Å². The quantitative estimate of drug-likeness (QED) is 0.407. The van der Waals surface area contributed by atoms with Crippen LogP contribution < -0.4 is 10.4 Å². The molecule has 24 heavy (non-hydrogen) atoms. The zero-order valence-electron chi connectivity index (χ0n) is 13.6. The Bertz CT molecular complexity index is 941. The highest BCUT2D eigenvalue weighted by molar-refractivity contribution is 6.04. The summed E-state index contributed by atoms with van der Waals surface area (Å²) in [6.45, 7) is 3.58. The highest BCUT2D eigenvalue weighted by atomic mass is 16.6. The lowest BCUT2D eigenvalue weighted by Gasteiger charge is -2.11. The van der Waals surface area contributed by atoms with Gasteiger partial charge in [-0.3, -0.25) is 0 Å². The first-order valence-electron chi connectivity index (χ1n) is 7.86. The number of carbonyl (C=O) groups excluding carboxylic acids is 1. The second-order valence-electron chi connectivity index (χ2n) is 5.59. The molecule has 3 aromatic rings. The van der Waals surface area contributed by atoms with Gasteiger partial charge in [0.25, 0.3) is 0 Å². The molecule has 5 nitrogen and oxygen atoms in total. The minimum Gasteiger partial charge on any atom is -0.482 e. The number of esters is 1. The third-order valence-corrected chi connectivity index (χ3v) is 3.86. The van der Waals surface area contributed by atoms with Gasteiger partial charge in [0, 0.05) is 11.5 Å². The Morgan fingerprint density at radius 1 is 1.12 bits per heavy atom. The molecule has 0 N–H and O–H groups in total. The predicted octanol–water partition coefficient (Wildman–Crippen LogP) is 3.67. The molecule has 1 atom stereocenters. The van der Waals surface area contributed by atoms with Crippen LogP contribution in [-0.4, -0.2) is 18.7 Å². The lowest BCUT2D eigenvalue weighted by atomic mass is 10.1. The van der Waals surface area contributed by atoms with Crippen molar-refractivity contribution in [3.8, 4) is 5.75 Å². The molecule has 5 heteroatoms. The number of benzene rings is 2. The minimum atomic E-state index is -0.426. The maximum absolute atomic E-state index is 12.0. The molecule has 0 spiro atoms. The Morgan fingerprint density at radius 2 is 1.88 bits per heavy atom. The van der Waals surface area contributed by atoms with Gasteiger partial charge in [0.05, 0.1) is 11.5 Å². The van der Waals surface area contributed by atoms with Gasteiger partial charge in [0.15, 0.2) is 6.61 Å². The van der Waals surface area contributed by atoms with E-state index < -0.39 is 11.6 Å². The average molecular weight is 326 g/mol. The molecule has 0 fully saturated rings. The number of hydrogen-bond donors (Lipinski definition) is 0. The largest absolute Gasteiger partial charge is 0.482 e. The number of rotatable bonds is 5. The summed E-state index contributed by atoms with van der Waals surface area (Å²) >= 11 is 0. The van der Waals surface area contributed by atoms with Crippen molar-refractivity contribution in [2.24, 2.45) is 0 Å². The summed E-state index contributed by atoms with van der Waals surface area (Å²) in [7, 11) is 0. The highest BCUT2D eigenvalue weighted by Crippen LogP contribution is 2.26. The van der Waals surface area contributed by atoms with Crippen LogP contribution >= 0.6 is 0 Å². The number of fused-ring (bicyclic) bond motifs is 3. The zero-order valence-corrected chi connectivity index (χ0v) is 13.6. The van der Waals surface area contributed by atoms with E-state index in [-0.39, 0.29) is 12.7 Å². The Labute approximate surface area is 138 Å². The summed E-state index contributed by atoms with van der Waals surface area (Å²) in [5, 5.41) is 2.18. The molecule has 124 valence electrons. The first-order valence-corrected chi connectivity index (χ1v) is 7.86. The van der Waals surface area contributed by atoms with Gasteiger partial charge >= 0.3 is 11.6 Å². The monoisotopic (exact) mass is 326 g/mol. The van der Waals surface area contributed by atoms with E-state index in [0.29, 0.717) is 16.7 Å². The van der Waals surface area contributed by atoms with Gasteiger partial charge in [-0.25, -0.2) is 9.59 Å². The molecule has 0 bridgehead atoms. The van der Waals surface area contributed by atoms with E-state index in [2.05, 4.69) is 0 Å². The zero-order chi connectivity index (χ0) is 17.1. The van der Waals surface area contributed by atoms with Gasteiger partial charge in [0.2, 0.25) is 0 Å². The fourth-order valence-electron chi connectivity index (χ4n) is 2.43. The first kappa shape index (κ1) is 16.1. The van der Waals surface area contributed by atoms with Gasteiger partial charge in [-0.1, -0.05) is 25.1 Å². The normalized spacial score (nSPS) is 12.2. The lowest BCUT2D eigenvalue weighted by molar-refractivity contribution is -0.150. The van der Waals surface area contributed by atoms with Crippen LogP contribution in [0, 0.1) is 0 Å². The molecular formula is C19H18O5. The summed E-state index contributed by atoms with van der Waals surface area (Å²) in [6.07, 6.45) is 0.613. The average Bonchev–Trinajstić information content (AvgIpc) is 2.60. The van der Waals surface area contributed by atoms with Crippen LogP contribution in [-0.2, 0) is 9.53 Å². The van der Waals surface area contributed by atoms with E-state index >= 15 is 0 Å². The minimum absolute atomic E-state index is 0.137. The van der Waals surface area contributed by atoms with E-state index in [0.717, 1.165) is 17.2 Å². The van der Waals surface area contributed by atoms with Crippen LogP contribution in [0.25, 0.3) is 21.7 Å². The molecule has 0 saturated heterocycles. The van der Waals surface area contributed by atoms with Crippen LogP contribution in [0.1, 0.15) is 20.3 Å². The fraction of sp³-hybridized carbons (Fsp3) is 0.263. The number of carbonyl (C=O) groups is 1. The molecule has 0 saturated carbocycles. The molecule has 0 unspecified atom stereocenters. The summed E-state index contributed by atoms with van der Waals surface area (Å²) in [4.78, 5) is 23.7. The van der Waals surface area contributed by atoms with Crippen molar-refractivity contribution >= 4 is 27.7 Å². The van der Waals surface area contributed by atoms with Crippen molar-refractivity contribution in [3.63, 3.8) is 0 Å². The molecular weight excluding hydrogens is 308 g/mol. The third kappa shape index (κ3) is 3.25. The second-order valence-corrected chi connectivity index (χ2v) is 5.59. The van der Waals surface area contributed by atoms with E-state index in [9.17, 15) is 9.59 Å². The molecule has 1 aromatic heterocycles. The predicted molar refractivity (Wildman–Crippen MR) is 91.3 cm³/mol. The van der Waals surface area contributed by atoms with Crippen LogP contribution in [0.3, 0.4) is 0 Å². The maximum atomic E-state index is 12.0. The Kier molecular flexibility index (Phi) is 4.51. The summed E-state index contributed by atoms with van der Waals surface area (Å²) in [5.74, 6) is 0.0199. The van der Waals surface area contributed by atoms with Crippen molar-refractivity contribution in [1.29, 1.82) is 0 Å². The Balaban J connectivity index is 1.85. The molecule has 1 heterocycles. The Morgan fingerprint density at radius 3 is 2.62 bits per heavy atom. The standard InChI is InChI=1S/C19H18O5/c1-3-12(2)23-18(20)11-22-13-8-9-15-14-6-4-5-7-16(14)19(21)24-17(15)10-13/h4-10,12H,3,11H2,1-2H3/t12-/m0/s1. The van der Waals surface area contributed by atoms with Crippen molar-refractivity contribution < 1.29 is 18.7 Å². The second kappa shape index (κ2) is 6.74. The number of ether oxygens (including phenoxy) is 2. The smallest absolute Gasteiger partial charge is 0.344 e. The van der Waals surface area contributed by atoms with Crippen molar-refractivity contribution in [2.75, 3.05) is 6.61 Å². The molecule has 0 aliphatic heterocycles. The van der Waals surface area contributed by atoms with Crippen LogP contribution in [0.15, 0.2) is 51.7 Å². The van der Waals surface area contributed by atoms with Crippen LogP contribution in [0.5, 0.6) is 5.75 Å². The van der Waals surface area contributed by atoms with Gasteiger partial charge in [0.1, 0.15) is 11.3 Å². The molecule has 0 aliphatic carbocycles. The summed E-state index contributed by atoms with van der Waals surface area (Å²) in [6, 6.07) is 12.4. The van der Waals surface area contributed by atoms with E-state index in [1.54, 1.807) is 24.3 Å². The van der Waals surface area contributed by atoms with Gasteiger partial charge in [-0.05, 0) is 36.9 Å². The van der Waals surface area contributed by atoms with Crippen molar-refractivity contribution in [3.05, 3.63) is 52.9 Å². The number of hydrogen-bond acceptors (Lipinski definition) is 5. The first-order chi connectivity index (χ1) is 11.6. The van der Waals surface area contributed by atoms with E-state index in [1.165, 1.54) is 0 Å². The van der Waals surface area contributed by atoms with E-state index in [1.807, 2.05) is 32.0 Å². The summed E-state index contributed by atoms with van der Waals surface area (Å²) in [5.41, 5.74) is 0.0259. The Hall–Kier alpha value is -2.82. The topological polar surface area (TPSA) is 65.7 Å². The summed E-state index contributed by atoms with van der Waals surface area (Å²) < 4.78 is 15.9. The van der Waals surface area contributed by atoms with Gasteiger partial charge in [-0.2, -0.15) is 0 Å². The maximum Gasteiger partial charge on any atom is 0.344 e. The molecule has 0 aliphatic rings. The van der Waals surface area contributed by atoms with Gasteiger partial charge < -0.3 is 13.9 Å². The van der Waals surface area contributed by atoms with Crippen LogP contribution in [0.4, 0.5) is 0 Å². The lowest BCUT2D eigenvalue weighted by Crippen LogP contribution is -2.20.